The average Bonchev–Trinajstić information content (AvgIpc) is 2.42. The van der Waals surface area contributed by atoms with E-state index >= 15 is 0 Å². The summed E-state index contributed by atoms with van der Waals surface area (Å²) < 4.78 is 13.0. The van der Waals surface area contributed by atoms with E-state index in [0.29, 0.717) is 17.1 Å². The lowest BCUT2D eigenvalue weighted by atomic mass is 10.1. The average molecular weight is 186 g/mol. The van der Waals surface area contributed by atoms with Crippen LogP contribution in [0.15, 0.2) is 12.1 Å². The van der Waals surface area contributed by atoms with Crippen LogP contribution in [-0.4, -0.2) is 5.91 Å². The third-order valence-corrected chi connectivity index (χ3v) is 2.21. The van der Waals surface area contributed by atoms with E-state index in [0.717, 1.165) is 0 Å². The maximum atomic E-state index is 13.0. The standard InChI is InChI=1S/C8H5ClFNO/c9-5-1-2-6(10)7-4(5)3-11-8(7)12/h1-2H,3H2,(H,11,12). The highest BCUT2D eigenvalue weighted by atomic mass is 35.5. The lowest BCUT2D eigenvalue weighted by Crippen LogP contribution is -2.13. The van der Waals surface area contributed by atoms with E-state index in [1.807, 2.05) is 0 Å². The number of halogens is 2. The molecule has 1 N–H and O–H groups in total. The van der Waals surface area contributed by atoms with Crippen LogP contribution in [0.1, 0.15) is 15.9 Å². The molecule has 1 aliphatic heterocycles. The van der Waals surface area contributed by atoms with Gasteiger partial charge in [0.2, 0.25) is 0 Å². The van der Waals surface area contributed by atoms with E-state index in [1.54, 1.807) is 0 Å². The fourth-order valence-corrected chi connectivity index (χ4v) is 1.49. The molecule has 1 aliphatic rings. The Morgan fingerprint density at radius 1 is 1.50 bits per heavy atom. The van der Waals surface area contributed by atoms with Gasteiger partial charge in [0, 0.05) is 17.1 Å². The first-order valence-electron chi connectivity index (χ1n) is 3.45. The van der Waals surface area contributed by atoms with Gasteiger partial charge in [-0.1, -0.05) is 11.6 Å². The maximum absolute atomic E-state index is 13.0. The SMILES string of the molecule is O=C1NCc2c(Cl)ccc(F)c21. The van der Waals surface area contributed by atoms with Crippen molar-refractivity contribution in [3.05, 3.63) is 34.1 Å². The molecule has 0 atom stereocenters. The van der Waals surface area contributed by atoms with Gasteiger partial charge in [-0.05, 0) is 12.1 Å². The topological polar surface area (TPSA) is 29.1 Å². The molecule has 0 aliphatic carbocycles. The molecule has 1 aromatic carbocycles. The monoisotopic (exact) mass is 185 g/mol. The Hall–Kier alpha value is -1.09. The van der Waals surface area contributed by atoms with Crippen molar-refractivity contribution in [2.45, 2.75) is 6.54 Å². The molecule has 1 amide bonds. The van der Waals surface area contributed by atoms with Crippen molar-refractivity contribution in [3.63, 3.8) is 0 Å². The van der Waals surface area contributed by atoms with E-state index in [1.165, 1.54) is 12.1 Å². The highest BCUT2D eigenvalue weighted by Crippen LogP contribution is 2.26. The number of nitrogens with one attached hydrogen (secondary N) is 1. The van der Waals surface area contributed by atoms with Crippen LogP contribution in [0.2, 0.25) is 5.02 Å². The minimum absolute atomic E-state index is 0.0856. The molecule has 0 saturated heterocycles. The minimum atomic E-state index is -0.510. The number of rotatable bonds is 0. The second kappa shape index (κ2) is 2.45. The Labute approximate surface area is 73.3 Å². The van der Waals surface area contributed by atoms with Gasteiger partial charge < -0.3 is 5.32 Å². The lowest BCUT2D eigenvalue weighted by Gasteiger charge is -1.98. The summed E-state index contributed by atoms with van der Waals surface area (Å²) in [7, 11) is 0. The predicted molar refractivity (Wildman–Crippen MR) is 42.6 cm³/mol. The molecule has 4 heteroatoms. The number of carbonyl (C=O) groups is 1. The van der Waals surface area contributed by atoms with E-state index < -0.39 is 5.82 Å². The predicted octanol–water partition coefficient (Wildman–Crippen LogP) is 1.72. The van der Waals surface area contributed by atoms with Crippen molar-refractivity contribution in [2.75, 3.05) is 0 Å². The Morgan fingerprint density at radius 2 is 2.25 bits per heavy atom. The molecule has 0 spiro atoms. The molecule has 62 valence electrons. The smallest absolute Gasteiger partial charge is 0.254 e. The summed E-state index contributed by atoms with van der Waals surface area (Å²) in [6, 6.07) is 2.65. The first-order chi connectivity index (χ1) is 5.70. The zero-order valence-electron chi connectivity index (χ0n) is 6.03. The van der Waals surface area contributed by atoms with Crippen molar-refractivity contribution in [2.24, 2.45) is 0 Å². The van der Waals surface area contributed by atoms with E-state index in [2.05, 4.69) is 5.32 Å². The van der Waals surface area contributed by atoms with Gasteiger partial charge in [-0.3, -0.25) is 4.79 Å². The third-order valence-electron chi connectivity index (χ3n) is 1.86. The molecule has 0 bridgehead atoms. The van der Waals surface area contributed by atoms with Crippen molar-refractivity contribution in [3.8, 4) is 0 Å². The molecule has 0 saturated carbocycles. The van der Waals surface area contributed by atoms with Crippen LogP contribution in [0, 0.1) is 5.82 Å². The molecule has 12 heavy (non-hydrogen) atoms. The van der Waals surface area contributed by atoms with Crippen molar-refractivity contribution in [1.82, 2.24) is 5.32 Å². The van der Waals surface area contributed by atoms with Gasteiger partial charge in [-0.25, -0.2) is 4.39 Å². The van der Waals surface area contributed by atoms with Crippen LogP contribution in [0.5, 0.6) is 0 Å². The van der Waals surface area contributed by atoms with Crippen LogP contribution in [-0.2, 0) is 6.54 Å². The number of hydrogen-bond acceptors (Lipinski definition) is 1. The molecule has 2 rings (SSSR count). The largest absolute Gasteiger partial charge is 0.348 e. The summed E-state index contributed by atoms with van der Waals surface area (Å²) in [6.45, 7) is 0.324. The maximum Gasteiger partial charge on any atom is 0.254 e. The number of hydrogen-bond donors (Lipinski definition) is 1. The fourth-order valence-electron chi connectivity index (χ4n) is 1.27. The lowest BCUT2D eigenvalue weighted by molar-refractivity contribution is 0.0962. The molecule has 0 radical (unpaired) electrons. The molecule has 1 heterocycles. The zero-order valence-corrected chi connectivity index (χ0v) is 6.78. The van der Waals surface area contributed by atoms with Gasteiger partial charge in [0.05, 0.1) is 5.56 Å². The van der Waals surface area contributed by atoms with E-state index in [-0.39, 0.29) is 11.5 Å². The van der Waals surface area contributed by atoms with Crippen molar-refractivity contribution < 1.29 is 9.18 Å². The number of fused-ring (bicyclic) bond motifs is 1. The molecule has 0 fully saturated rings. The summed E-state index contributed by atoms with van der Waals surface area (Å²) in [5, 5.41) is 2.94. The molecule has 0 aromatic heterocycles. The van der Waals surface area contributed by atoms with Crippen molar-refractivity contribution in [1.29, 1.82) is 0 Å². The van der Waals surface area contributed by atoms with Gasteiger partial charge in [-0.2, -0.15) is 0 Å². The van der Waals surface area contributed by atoms with Gasteiger partial charge in [-0.15, -0.1) is 0 Å². The quantitative estimate of drug-likeness (QED) is 0.655. The second-order valence-corrected chi connectivity index (χ2v) is 2.97. The van der Waals surface area contributed by atoms with Crippen LogP contribution in [0.4, 0.5) is 4.39 Å². The summed E-state index contributed by atoms with van der Waals surface area (Å²) >= 11 is 5.75. The highest BCUT2D eigenvalue weighted by molar-refractivity contribution is 6.32. The van der Waals surface area contributed by atoms with Crippen LogP contribution in [0.25, 0.3) is 0 Å². The summed E-state index contributed by atoms with van der Waals surface area (Å²) in [5.74, 6) is -0.894. The van der Waals surface area contributed by atoms with E-state index in [9.17, 15) is 9.18 Å². The molecule has 2 nitrogen and oxygen atoms in total. The fraction of sp³-hybridized carbons (Fsp3) is 0.125. The van der Waals surface area contributed by atoms with Gasteiger partial charge in [0.15, 0.2) is 0 Å². The first kappa shape index (κ1) is 7.55. The molecule has 0 unspecified atom stereocenters. The summed E-state index contributed by atoms with van der Waals surface area (Å²) in [6.07, 6.45) is 0. The number of amides is 1. The van der Waals surface area contributed by atoms with Crippen LogP contribution < -0.4 is 5.32 Å². The van der Waals surface area contributed by atoms with Gasteiger partial charge >= 0.3 is 0 Å². The third kappa shape index (κ3) is 0.898. The Bertz CT molecular complexity index is 364. The Balaban J connectivity index is 2.72. The zero-order chi connectivity index (χ0) is 8.72. The first-order valence-corrected chi connectivity index (χ1v) is 3.83. The second-order valence-electron chi connectivity index (χ2n) is 2.57. The van der Waals surface area contributed by atoms with Crippen LogP contribution >= 0.6 is 11.6 Å². The Morgan fingerprint density at radius 3 is 2.92 bits per heavy atom. The van der Waals surface area contributed by atoms with Gasteiger partial charge in [0.25, 0.3) is 5.91 Å². The molecular formula is C8H5ClFNO. The number of benzene rings is 1. The van der Waals surface area contributed by atoms with Gasteiger partial charge in [0.1, 0.15) is 5.82 Å². The number of carbonyl (C=O) groups excluding carboxylic acids is 1. The summed E-state index contributed by atoms with van der Waals surface area (Å²) in [4.78, 5) is 11.0. The molecule has 1 aromatic rings. The highest BCUT2D eigenvalue weighted by Gasteiger charge is 2.24. The van der Waals surface area contributed by atoms with Crippen molar-refractivity contribution >= 4 is 17.5 Å². The summed E-state index contributed by atoms with van der Waals surface area (Å²) in [5.41, 5.74) is 0.643. The normalized spacial score (nSPS) is 14.3. The van der Waals surface area contributed by atoms with Crippen LogP contribution in [0.3, 0.4) is 0 Å². The Kier molecular flexibility index (Phi) is 1.54. The molecular weight excluding hydrogens is 181 g/mol. The minimum Gasteiger partial charge on any atom is -0.348 e. The van der Waals surface area contributed by atoms with E-state index in [4.69, 9.17) is 11.6 Å².